The maximum atomic E-state index is 13.5. The molecule has 1 aromatic carbocycles. The van der Waals surface area contributed by atoms with E-state index in [0.717, 1.165) is 31.3 Å². The van der Waals surface area contributed by atoms with E-state index < -0.39 is 5.82 Å². The van der Waals surface area contributed by atoms with Crippen LogP contribution in [-0.2, 0) is 4.79 Å². The van der Waals surface area contributed by atoms with Crippen molar-refractivity contribution in [3.05, 3.63) is 24.0 Å². The zero-order valence-corrected chi connectivity index (χ0v) is 12.7. The van der Waals surface area contributed by atoms with Gasteiger partial charge < -0.3 is 16.0 Å². The van der Waals surface area contributed by atoms with Gasteiger partial charge in [0, 0.05) is 18.7 Å². The van der Waals surface area contributed by atoms with Crippen LogP contribution in [0.15, 0.2) is 18.2 Å². The number of hydrogen-bond acceptors (Lipinski definition) is 3. The topological polar surface area (TPSA) is 58.4 Å². The average molecular weight is 293 g/mol. The zero-order valence-electron chi connectivity index (χ0n) is 12.7. The van der Waals surface area contributed by atoms with Crippen LogP contribution in [0, 0.1) is 17.7 Å². The number of nitrogens with zero attached hydrogens (tertiary/aromatic N) is 1. The lowest BCUT2D eigenvalue weighted by atomic mass is 10.2. The van der Waals surface area contributed by atoms with E-state index in [1.165, 1.54) is 24.6 Å². The molecule has 3 N–H and O–H groups in total. The SMILES string of the molecule is CC1CC1CN(C)CCCC(=O)Nc1cc(N)ccc1F. The van der Waals surface area contributed by atoms with Gasteiger partial charge in [0.05, 0.1) is 5.69 Å². The molecule has 4 nitrogen and oxygen atoms in total. The molecule has 0 aliphatic heterocycles. The van der Waals surface area contributed by atoms with Crippen LogP contribution in [0.5, 0.6) is 0 Å². The van der Waals surface area contributed by atoms with Crippen molar-refractivity contribution in [3.8, 4) is 0 Å². The summed E-state index contributed by atoms with van der Waals surface area (Å²) in [5, 5.41) is 2.57. The van der Waals surface area contributed by atoms with E-state index >= 15 is 0 Å². The van der Waals surface area contributed by atoms with Crippen LogP contribution in [0.3, 0.4) is 0 Å². The highest BCUT2D eigenvalue weighted by Gasteiger charge is 2.32. The minimum absolute atomic E-state index is 0.153. The number of nitrogen functional groups attached to an aromatic ring is 1. The van der Waals surface area contributed by atoms with Crippen molar-refractivity contribution in [2.45, 2.75) is 26.2 Å². The molecule has 116 valence electrons. The standard InChI is InChI=1S/C16H24FN3O/c1-11-8-12(11)10-20(2)7-3-4-16(21)19-15-9-13(18)5-6-14(15)17/h5-6,9,11-12H,3-4,7-8,10,18H2,1-2H3,(H,19,21). The highest BCUT2D eigenvalue weighted by atomic mass is 19.1. The van der Waals surface area contributed by atoms with E-state index in [2.05, 4.69) is 24.2 Å². The number of carbonyl (C=O) groups excluding carboxylic acids is 1. The van der Waals surface area contributed by atoms with E-state index in [1.54, 1.807) is 0 Å². The second kappa shape index (κ2) is 6.89. The van der Waals surface area contributed by atoms with Crippen LogP contribution in [0.25, 0.3) is 0 Å². The van der Waals surface area contributed by atoms with Gasteiger partial charge in [0.1, 0.15) is 5.82 Å². The number of nitrogens with two attached hydrogens (primary N) is 1. The van der Waals surface area contributed by atoms with Crippen molar-refractivity contribution >= 4 is 17.3 Å². The molecule has 0 radical (unpaired) electrons. The fourth-order valence-corrected chi connectivity index (χ4v) is 2.51. The zero-order chi connectivity index (χ0) is 15.4. The molecule has 0 bridgehead atoms. The third kappa shape index (κ3) is 5.01. The van der Waals surface area contributed by atoms with Gasteiger partial charge in [0.25, 0.3) is 0 Å². The van der Waals surface area contributed by atoms with Crippen LogP contribution in [0.4, 0.5) is 15.8 Å². The largest absolute Gasteiger partial charge is 0.399 e. The Bertz CT molecular complexity index is 506. The van der Waals surface area contributed by atoms with Crippen molar-refractivity contribution in [1.29, 1.82) is 0 Å². The normalized spacial score (nSPS) is 20.6. The van der Waals surface area contributed by atoms with Crippen LogP contribution in [-0.4, -0.2) is 30.9 Å². The highest BCUT2D eigenvalue weighted by molar-refractivity contribution is 5.91. The summed E-state index contributed by atoms with van der Waals surface area (Å²) in [6.45, 7) is 4.26. The Morgan fingerprint density at radius 1 is 1.52 bits per heavy atom. The first-order chi connectivity index (χ1) is 9.95. The number of nitrogens with one attached hydrogen (secondary N) is 1. The Kier molecular flexibility index (Phi) is 5.17. The van der Waals surface area contributed by atoms with Crippen molar-refractivity contribution in [2.75, 3.05) is 31.2 Å². The van der Waals surface area contributed by atoms with Gasteiger partial charge >= 0.3 is 0 Å². The molecule has 21 heavy (non-hydrogen) atoms. The molecule has 1 fully saturated rings. The molecule has 5 heteroatoms. The molecular formula is C16H24FN3O. The second-order valence-electron chi connectivity index (χ2n) is 6.13. The molecule has 0 spiro atoms. The summed E-state index contributed by atoms with van der Waals surface area (Å²) in [5.74, 6) is 1.04. The minimum atomic E-state index is -0.461. The number of benzene rings is 1. The maximum Gasteiger partial charge on any atom is 0.224 e. The number of hydrogen-bond donors (Lipinski definition) is 2. The monoisotopic (exact) mass is 293 g/mol. The molecular weight excluding hydrogens is 269 g/mol. The molecule has 2 rings (SSSR count). The quantitative estimate of drug-likeness (QED) is 0.760. The molecule has 0 saturated heterocycles. The molecule has 1 aliphatic rings. The van der Waals surface area contributed by atoms with Crippen LogP contribution in [0.2, 0.25) is 0 Å². The number of halogens is 1. The molecule has 1 amide bonds. The summed E-state index contributed by atoms with van der Waals surface area (Å²) < 4.78 is 13.5. The van der Waals surface area contributed by atoms with Crippen LogP contribution < -0.4 is 11.1 Å². The van der Waals surface area contributed by atoms with E-state index in [1.807, 2.05) is 0 Å². The third-order valence-corrected chi connectivity index (χ3v) is 4.03. The predicted octanol–water partition coefficient (Wildman–Crippen LogP) is 2.71. The summed E-state index contributed by atoms with van der Waals surface area (Å²) in [7, 11) is 2.08. The van der Waals surface area contributed by atoms with Crippen molar-refractivity contribution in [3.63, 3.8) is 0 Å². The Hall–Kier alpha value is -1.62. The second-order valence-corrected chi connectivity index (χ2v) is 6.13. The van der Waals surface area contributed by atoms with Crippen molar-refractivity contribution < 1.29 is 9.18 Å². The van der Waals surface area contributed by atoms with Gasteiger partial charge in [-0.2, -0.15) is 0 Å². The Balaban J connectivity index is 1.68. The summed E-state index contributed by atoms with van der Waals surface area (Å²) in [6.07, 6.45) is 2.48. The number of anilines is 2. The van der Waals surface area contributed by atoms with Gasteiger partial charge in [-0.15, -0.1) is 0 Å². The van der Waals surface area contributed by atoms with Gasteiger partial charge in [-0.1, -0.05) is 6.92 Å². The summed E-state index contributed by atoms with van der Waals surface area (Å²) >= 11 is 0. The summed E-state index contributed by atoms with van der Waals surface area (Å²) in [4.78, 5) is 14.1. The lowest BCUT2D eigenvalue weighted by Crippen LogP contribution is -2.24. The first-order valence-electron chi connectivity index (χ1n) is 7.49. The summed E-state index contributed by atoms with van der Waals surface area (Å²) in [6, 6.07) is 4.17. The minimum Gasteiger partial charge on any atom is -0.399 e. The smallest absolute Gasteiger partial charge is 0.224 e. The third-order valence-electron chi connectivity index (χ3n) is 4.03. The lowest BCUT2D eigenvalue weighted by Gasteiger charge is -2.16. The van der Waals surface area contributed by atoms with E-state index in [-0.39, 0.29) is 11.6 Å². The Morgan fingerprint density at radius 2 is 2.24 bits per heavy atom. The molecule has 2 atom stereocenters. The summed E-state index contributed by atoms with van der Waals surface area (Å²) in [5.41, 5.74) is 6.17. The van der Waals surface area contributed by atoms with Crippen LogP contribution in [0.1, 0.15) is 26.2 Å². The van der Waals surface area contributed by atoms with Gasteiger partial charge in [-0.25, -0.2) is 4.39 Å². The predicted molar refractivity (Wildman–Crippen MR) is 83.4 cm³/mol. The van der Waals surface area contributed by atoms with Crippen molar-refractivity contribution in [1.82, 2.24) is 4.90 Å². The number of amides is 1. The average Bonchev–Trinajstić information content (AvgIpc) is 3.09. The van der Waals surface area contributed by atoms with Crippen LogP contribution >= 0.6 is 0 Å². The maximum absolute atomic E-state index is 13.5. The van der Waals surface area contributed by atoms with E-state index in [4.69, 9.17) is 5.73 Å². The molecule has 2 unspecified atom stereocenters. The van der Waals surface area contributed by atoms with Gasteiger partial charge in [-0.3, -0.25) is 4.79 Å². The number of carbonyl (C=O) groups is 1. The molecule has 1 saturated carbocycles. The van der Waals surface area contributed by atoms with Gasteiger partial charge in [-0.05, 0) is 56.5 Å². The number of rotatable bonds is 7. The Labute approximate surface area is 125 Å². The highest BCUT2D eigenvalue weighted by Crippen LogP contribution is 2.37. The molecule has 0 aromatic heterocycles. The molecule has 1 aliphatic carbocycles. The Morgan fingerprint density at radius 3 is 2.90 bits per heavy atom. The van der Waals surface area contributed by atoms with Gasteiger partial charge in [0.15, 0.2) is 0 Å². The fourth-order valence-electron chi connectivity index (χ4n) is 2.51. The van der Waals surface area contributed by atoms with E-state index in [9.17, 15) is 9.18 Å². The molecule has 0 heterocycles. The fraction of sp³-hybridized carbons (Fsp3) is 0.562. The van der Waals surface area contributed by atoms with Gasteiger partial charge in [0.2, 0.25) is 5.91 Å². The van der Waals surface area contributed by atoms with Crippen molar-refractivity contribution in [2.24, 2.45) is 11.8 Å². The van der Waals surface area contributed by atoms with E-state index in [0.29, 0.717) is 12.1 Å². The lowest BCUT2D eigenvalue weighted by molar-refractivity contribution is -0.116. The molecule has 1 aromatic rings. The first kappa shape index (κ1) is 15.8. The first-order valence-corrected chi connectivity index (χ1v) is 7.49.